The van der Waals surface area contributed by atoms with Crippen LogP contribution in [-0.2, 0) is 4.74 Å². The Morgan fingerprint density at radius 2 is 2.08 bits per heavy atom. The Hall–Kier alpha value is -1.12. The molecule has 13 heavy (non-hydrogen) atoms. The first-order valence-corrected chi connectivity index (χ1v) is 4.33. The topological polar surface area (TPSA) is 35.2 Å². The van der Waals surface area contributed by atoms with Crippen LogP contribution in [0, 0.1) is 0 Å². The highest BCUT2D eigenvalue weighted by Gasteiger charge is 2.03. The van der Waals surface area contributed by atoms with Gasteiger partial charge in [-0.25, -0.2) is 0 Å². The monoisotopic (exact) mass is 177 g/mol. The van der Waals surface area contributed by atoms with Crippen LogP contribution in [0.3, 0.4) is 0 Å². The quantitative estimate of drug-likeness (QED) is 0.550. The Morgan fingerprint density at radius 3 is 2.69 bits per heavy atom. The fraction of sp³-hybridized carbons (Fsp3) is 0.273. The number of benzene rings is 1. The van der Waals surface area contributed by atoms with Gasteiger partial charge >= 0.3 is 0 Å². The van der Waals surface area contributed by atoms with Crippen molar-refractivity contribution in [2.75, 3.05) is 13.2 Å². The van der Waals surface area contributed by atoms with E-state index in [0.29, 0.717) is 13.2 Å². The highest BCUT2D eigenvalue weighted by atomic mass is 16.5. The van der Waals surface area contributed by atoms with E-state index in [2.05, 4.69) is 6.58 Å². The maximum atomic E-state index is 5.88. The minimum absolute atomic E-state index is 0.0406. The lowest BCUT2D eigenvalue weighted by Crippen LogP contribution is -2.16. The van der Waals surface area contributed by atoms with Crippen LogP contribution in [0.15, 0.2) is 43.0 Å². The molecule has 0 spiro atoms. The Labute approximate surface area is 79.0 Å². The first-order chi connectivity index (χ1) is 6.34. The molecule has 2 nitrogen and oxygen atoms in total. The molecule has 0 amide bonds. The van der Waals surface area contributed by atoms with Crippen LogP contribution in [0.25, 0.3) is 0 Å². The first kappa shape index (κ1) is 9.96. The summed E-state index contributed by atoms with van der Waals surface area (Å²) in [5.74, 6) is 0. The molecule has 0 radical (unpaired) electrons. The van der Waals surface area contributed by atoms with Crippen LogP contribution in [0.2, 0.25) is 0 Å². The molecule has 0 aromatic heterocycles. The van der Waals surface area contributed by atoms with Gasteiger partial charge in [0.15, 0.2) is 0 Å². The average Bonchev–Trinajstić information content (AvgIpc) is 2.19. The van der Waals surface area contributed by atoms with Gasteiger partial charge in [-0.15, -0.1) is 6.58 Å². The molecule has 0 heterocycles. The summed E-state index contributed by atoms with van der Waals surface area (Å²) >= 11 is 0. The summed E-state index contributed by atoms with van der Waals surface area (Å²) in [4.78, 5) is 0. The largest absolute Gasteiger partial charge is 0.375 e. The summed E-state index contributed by atoms with van der Waals surface area (Å²) in [6, 6.07) is 9.89. The van der Waals surface area contributed by atoms with Gasteiger partial charge in [0.25, 0.3) is 0 Å². The second-order valence-corrected chi connectivity index (χ2v) is 2.84. The Kier molecular flexibility index (Phi) is 4.23. The van der Waals surface area contributed by atoms with Gasteiger partial charge in [0.2, 0.25) is 0 Å². The Balaban J connectivity index is 2.39. The van der Waals surface area contributed by atoms with Crippen molar-refractivity contribution in [3.8, 4) is 0 Å². The molecule has 1 atom stereocenters. The number of rotatable bonds is 5. The minimum Gasteiger partial charge on any atom is -0.375 e. The number of hydrogen-bond donors (Lipinski definition) is 1. The highest BCUT2D eigenvalue weighted by Crippen LogP contribution is 2.09. The van der Waals surface area contributed by atoms with Gasteiger partial charge in [0, 0.05) is 0 Å². The van der Waals surface area contributed by atoms with E-state index in [0.717, 1.165) is 5.56 Å². The average molecular weight is 177 g/mol. The van der Waals surface area contributed by atoms with Crippen molar-refractivity contribution in [2.24, 2.45) is 5.73 Å². The molecule has 2 N–H and O–H groups in total. The molecular formula is C11H15NO. The third kappa shape index (κ3) is 3.40. The molecule has 1 aromatic carbocycles. The number of nitrogens with two attached hydrogens (primary N) is 1. The van der Waals surface area contributed by atoms with E-state index in [1.807, 2.05) is 30.3 Å². The van der Waals surface area contributed by atoms with Gasteiger partial charge in [0.05, 0.1) is 19.3 Å². The molecule has 0 unspecified atom stereocenters. The summed E-state index contributed by atoms with van der Waals surface area (Å²) in [6.45, 7) is 4.66. The summed E-state index contributed by atoms with van der Waals surface area (Å²) in [7, 11) is 0. The molecule has 0 saturated carbocycles. The lowest BCUT2D eigenvalue weighted by atomic mass is 10.1. The number of hydrogen-bond acceptors (Lipinski definition) is 2. The van der Waals surface area contributed by atoms with Crippen LogP contribution in [0.5, 0.6) is 0 Å². The van der Waals surface area contributed by atoms with Gasteiger partial charge in [-0.1, -0.05) is 36.4 Å². The third-order valence-corrected chi connectivity index (χ3v) is 1.76. The van der Waals surface area contributed by atoms with E-state index in [1.165, 1.54) is 0 Å². The van der Waals surface area contributed by atoms with Gasteiger partial charge in [-0.2, -0.15) is 0 Å². The predicted molar refractivity (Wildman–Crippen MR) is 54.4 cm³/mol. The molecule has 0 aliphatic rings. The van der Waals surface area contributed by atoms with Crippen molar-refractivity contribution < 1.29 is 4.74 Å². The van der Waals surface area contributed by atoms with Crippen LogP contribution < -0.4 is 5.73 Å². The van der Waals surface area contributed by atoms with Crippen molar-refractivity contribution in [2.45, 2.75) is 6.04 Å². The van der Waals surface area contributed by atoms with Gasteiger partial charge in [-0.05, 0) is 5.56 Å². The molecule has 0 fully saturated rings. The van der Waals surface area contributed by atoms with E-state index in [4.69, 9.17) is 10.5 Å². The maximum absolute atomic E-state index is 5.88. The maximum Gasteiger partial charge on any atom is 0.0663 e. The van der Waals surface area contributed by atoms with Crippen LogP contribution in [-0.4, -0.2) is 13.2 Å². The van der Waals surface area contributed by atoms with E-state index in [-0.39, 0.29) is 6.04 Å². The van der Waals surface area contributed by atoms with E-state index < -0.39 is 0 Å². The third-order valence-electron chi connectivity index (χ3n) is 1.76. The van der Waals surface area contributed by atoms with Gasteiger partial charge in [-0.3, -0.25) is 0 Å². The number of ether oxygens (including phenoxy) is 1. The lowest BCUT2D eigenvalue weighted by Gasteiger charge is -2.11. The predicted octanol–water partition coefficient (Wildman–Crippen LogP) is 1.89. The second-order valence-electron chi connectivity index (χ2n) is 2.84. The fourth-order valence-corrected chi connectivity index (χ4v) is 1.07. The first-order valence-electron chi connectivity index (χ1n) is 4.33. The molecule has 1 aromatic rings. The van der Waals surface area contributed by atoms with Crippen molar-refractivity contribution in [1.82, 2.24) is 0 Å². The van der Waals surface area contributed by atoms with Crippen molar-refractivity contribution in [3.05, 3.63) is 48.6 Å². The molecule has 0 saturated heterocycles. The van der Waals surface area contributed by atoms with Crippen molar-refractivity contribution in [3.63, 3.8) is 0 Å². The molecule has 1 rings (SSSR count). The summed E-state index contributed by atoms with van der Waals surface area (Å²) in [5, 5.41) is 0. The second kappa shape index (κ2) is 5.51. The Bertz CT molecular complexity index is 246. The molecule has 0 aliphatic heterocycles. The molecule has 2 heteroatoms. The SMILES string of the molecule is C=CCOC[C@@H](N)c1ccccc1. The minimum atomic E-state index is -0.0406. The Morgan fingerprint density at radius 1 is 1.38 bits per heavy atom. The molecule has 0 bridgehead atoms. The smallest absolute Gasteiger partial charge is 0.0663 e. The molecular weight excluding hydrogens is 162 g/mol. The lowest BCUT2D eigenvalue weighted by molar-refractivity contribution is 0.147. The van der Waals surface area contributed by atoms with Crippen LogP contribution >= 0.6 is 0 Å². The standard InChI is InChI=1S/C11H15NO/c1-2-8-13-9-11(12)10-6-4-3-5-7-10/h2-7,11H,1,8-9,12H2/t11-/m1/s1. The van der Waals surface area contributed by atoms with Gasteiger partial charge in [0.1, 0.15) is 0 Å². The fourth-order valence-electron chi connectivity index (χ4n) is 1.07. The highest BCUT2D eigenvalue weighted by molar-refractivity contribution is 5.18. The molecule has 70 valence electrons. The zero-order chi connectivity index (χ0) is 9.52. The zero-order valence-electron chi connectivity index (χ0n) is 7.65. The van der Waals surface area contributed by atoms with Crippen LogP contribution in [0.4, 0.5) is 0 Å². The van der Waals surface area contributed by atoms with E-state index in [9.17, 15) is 0 Å². The van der Waals surface area contributed by atoms with Crippen molar-refractivity contribution >= 4 is 0 Å². The zero-order valence-corrected chi connectivity index (χ0v) is 7.65. The van der Waals surface area contributed by atoms with Crippen molar-refractivity contribution in [1.29, 1.82) is 0 Å². The van der Waals surface area contributed by atoms with Crippen LogP contribution in [0.1, 0.15) is 11.6 Å². The van der Waals surface area contributed by atoms with Gasteiger partial charge < -0.3 is 10.5 Å². The summed E-state index contributed by atoms with van der Waals surface area (Å²) < 4.78 is 5.26. The van der Waals surface area contributed by atoms with E-state index >= 15 is 0 Å². The summed E-state index contributed by atoms with van der Waals surface area (Å²) in [6.07, 6.45) is 1.72. The summed E-state index contributed by atoms with van der Waals surface area (Å²) in [5.41, 5.74) is 6.98. The molecule has 0 aliphatic carbocycles. The normalized spacial score (nSPS) is 12.4. The van der Waals surface area contributed by atoms with E-state index in [1.54, 1.807) is 6.08 Å².